The summed E-state index contributed by atoms with van der Waals surface area (Å²) in [5.74, 6) is -0.737. The fraction of sp³-hybridized carbons (Fsp3) is 0.500. The van der Waals surface area contributed by atoms with Gasteiger partial charge < -0.3 is 15.2 Å². The molecule has 2 atom stereocenters. The molecule has 2 unspecified atom stereocenters. The van der Waals surface area contributed by atoms with Crippen molar-refractivity contribution in [2.24, 2.45) is 11.8 Å². The highest BCUT2D eigenvalue weighted by molar-refractivity contribution is 5.93. The maximum absolute atomic E-state index is 12.2. The molecule has 1 aliphatic rings. The molecule has 0 bridgehead atoms. The fourth-order valence-electron chi connectivity index (χ4n) is 2.70. The number of aliphatic carboxylic acids is 1. The van der Waals surface area contributed by atoms with Gasteiger partial charge in [-0.25, -0.2) is 0 Å². The Morgan fingerprint density at radius 3 is 2.52 bits per heavy atom. The van der Waals surface area contributed by atoms with Gasteiger partial charge in [0.1, 0.15) is 5.75 Å². The Hall–Kier alpha value is -2.04. The molecule has 0 radical (unpaired) electrons. The van der Waals surface area contributed by atoms with Crippen LogP contribution in [0.15, 0.2) is 24.3 Å². The van der Waals surface area contributed by atoms with E-state index in [-0.39, 0.29) is 11.8 Å². The molecule has 0 aliphatic heterocycles. The first kappa shape index (κ1) is 15.4. The number of anilines is 1. The minimum Gasteiger partial charge on any atom is -0.494 e. The van der Waals surface area contributed by atoms with E-state index in [1.807, 2.05) is 6.92 Å². The van der Waals surface area contributed by atoms with Crippen molar-refractivity contribution in [3.63, 3.8) is 0 Å². The highest BCUT2D eigenvalue weighted by Crippen LogP contribution is 2.30. The van der Waals surface area contributed by atoms with Crippen LogP contribution in [0.1, 0.15) is 32.6 Å². The predicted octanol–water partition coefficient (Wildman–Crippen LogP) is 2.91. The van der Waals surface area contributed by atoms with Crippen molar-refractivity contribution in [3.8, 4) is 5.75 Å². The largest absolute Gasteiger partial charge is 0.494 e. The number of hydrogen-bond donors (Lipinski definition) is 2. The van der Waals surface area contributed by atoms with Gasteiger partial charge in [0.25, 0.3) is 0 Å². The first-order valence-electron chi connectivity index (χ1n) is 7.36. The number of carbonyl (C=O) groups excluding carboxylic acids is 1. The van der Waals surface area contributed by atoms with Crippen LogP contribution in [0, 0.1) is 11.8 Å². The molecular formula is C16H21NO4. The zero-order valence-corrected chi connectivity index (χ0v) is 12.2. The van der Waals surface area contributed by atoms with Crippen LogP contribution in [0.3, 0.4) is 0 Å². The van der Waals surface area contributed by atoms with Crippen LogP contribution in [-0.4, -0.2) is 23.6 Å². The van der Waals surface area contributed by atoms with Crippen molar-refractivity contribution in [3.05, 3.63) is 24.3 Å². The van der Waals surface area contributed by atoms with Crippen LogP contribution in [0.25, 0.3) is 0 Å². The first-order chi connectivity index (χ1) is 10.1. The Bertz CT molecular complexity index is 498. The Kier molecular flexibility index (Phi) is 5.20. The number of carbonyl (C=O) groups is 2. The van der Waals surface area contributed by atoms with E-state index in [1.54, 1.807) is 24.3 Å². The van der Waals surface area contributed by atoms with Crippen molar-refractivity contribution >= 4 is 17.6 Å². The zero-order valence-electron chi connectivity index (χ0n) is 12.2. The summed E-state index contributed by atoms with van der Waals surface area (Å²) >= 11 is 0. The molecule has 0 heterocycles. The average molecular weight is 291 g/mol. The molecule has 1 aromatic rings. The summed E-state index contributed by atoms with van der Waals surface area (Å²) in [4.78, 5) is 23.2. The van der Waals surface area contributed by atoms with Crippen LogP contribution >= 0.6 is 0 Å². The van der Waals surface area contributed by atoms with E-state index in [0.717, 1.165) is 18.6 Å². The van der Waals surface area contributed by atoms with Crippen LogP contribution in [-0.2, 0) is 9.59 Å². The quantitative estimate of drug-likeness (QED) is 0.874. The number of benzene rings is 1. The van der Waals surface area contributed by atoms with Crippen LogP contribution in [0.5, 0.6) is 5.75 Å². The molecule has 1 fully saturated rings. The van der Waals surface area contributed by atoms with Gasteiger partial charge >= 0.3 is 5.97 Å². The summed E-state index contributed by atoms with van der Waals surface area (Å²) in [6.07, 6.45) is 2.64. The Labute approximate surface area is 124 Å². The Morgan fingerprint density at radius 1 is 1.24 bits per heavy atom. The van der Waals surface area contributed by atoms with Crippen molar-refractivity contribution < 1.29 is 19.4 Å². The lowest BCUT2D eigenvalue weighted by Gasteiger charge is -2.25. The lowest BCUT2D eigenvalue weighted by atomic mass is 9.81. The van der Waals surface area contributed by atoms with Gasteiger partial charge in [0.15, 0.2) is 0 Å². The second-order valence-corrected chi connectivity index (χ2v) is 5.35. The standard InChI is InChI=1S/C16H21NO4/c1-2-21-14-8-6-13(7-9-14)17-15(18)11-4-3-5-12(10-11)16(19)20/h6-9,11-12H,2-5,10H2,1H3,(H,17,18)(H,19,20). The van der Waals surface area contributed by atoms with Crippen molar-refractivity contribution in [2.75, 3.05) is 11.9 Å². The van der Waals surface area contributed by atoms with Gasteiger partial charge in [0, 0.05) is 11.6 Å². The molecule has 0 aromatic heterocycles. The number of amides is 1. The predicted molar refractivity (Wildman–Crippen MR) is 79.3 cm³/mol. The first-order valence-corrected chi connectivity index (χ1v) is 7.36. The molecule has 1 aliphatic carbocycles. The van der Waals surface area contributed by atoms with E-state index < -0.39 is 11.9 Å². The summed E-state index contributed by atoms with van der Waals surface area (Å²) < 4.78 is 5.34. The summed E-state index contributed by atoms with van der Waals surface area (Å²) in [6.45, 7) is 2.52. The zero-order chi connectivity index (χ0) is 15.2. The summed E-state index contributed by atoms with van der Waals surface area (Å²) in [6, 6.07) is 7.20. The SMILES string of the molecule is CCOc1ccc(NC(=O)C2CCCC(C(=O)O)C2)cc1. The van der Waals surface area contributed by atoms with E-state index >= 15 is 0 Å². The molecule has 114 valence electrons. The molecule has 1 aromatic carbocycles. The number of ether oxygens (including phenoxy) is 1. The fourth-order valence-corrected chi connectivity index (χ4v) is 2.70. The molecular weight excluding hydrogens is 270 g/mol. The molecule has 5 heteroatoms. The van der Waals surface area contributed by atoms with Crippen molar-refractivity contribution in [1.29, 1.82) is 0 Å². The molecule has 1 saturated carbocycles. The van der Waals surface area contributed by atoms with Crippen LogP contribution in [0.4, 0.5) is 5.69 Å². The van der Waals surface area contributed by atoms with Gasteiger partial charge in [-0.3, -0.25) is 9.59 Å². The van der Waals surface area contributed by atoms with Gasteiger partial charge in [-0.15, -0.1) is 0 Å². The Balaban J connectivity index is 1.92. The number of nitrogens with one attached hydrogen (secondary N) is 1. The molecule has 21 heavy (non-hydrogen) atoms. The monoisotopic (exact) mass is 291 g/mol. The maximum Gasteiger partial charge on any atom is 0.306 e. The Morgan fingerprint density at radius 2 is 1.90 bits per heavy atom. The third-order valence-electron chi connectivity index (χ3n) is 3.83. The van der Waals surface area contributed by atoms with Gasteiger partial charge in [0.2, 0.25) is 5.91 Å². The lowest BCUT2D eigenvalue weighted by molar-refractivity contribution is -0.143. The second-order valence-electron chi connectivity index (χ2n) is 5.35. The smallest absolute Gasteiger partial charge is 0.306 e. The van der Waals surface area contributed by atoms with Crippen LogP contribution in [0.2, 0.25) is 0 Å². The van der Waals surface area contributed by atoms with E-state index in [9.17, 15) is 9.59 Å². The van der Waals surface area contributed by atoms with E-state index in [2.05, 4.69) is 5.32 Å². The average Bonchev–Trinajstić information content (AvgIpc) is 2.49. The van der Waals surface area contributed by atoms with Crippen LogP contribution < -0.4 is 10.1 Å². The van der Waals surface area contributed by atoms with E-state index in [4.69, 9.17) is 9.84 Å². The molecule has 0 saturated heterocycles. The number of carboxylic acid groups (broad SMARTS) is 1. The van der Waals surface area contributed by atoms with Crippen molar-refractivity contribution in [2.45, 2.75) is 32.6 Å². The third-order valence-corrected chi connectivity index (χ3v) is 3.83. The van der Waals surface area contributed by atoms with Gasteiger partial charge in [-0.05, 0) is 50.5 Å². The van der Waals surface area contributed by atoms with E-state index in [0.29, 0.717) is 25.1 Å². The summed E-state index contributed by atoms with van der Waals surface area (Å²) in [5, 5.41) is 11.9. The third kappa shape index (κ3) is 4.21. The highest BCUT2D eigenvalue weighted by Gasteiger charge is 2.30. The molecule has 2 rings (SSSR count). The summed E-state index contributed by atoms with van der Waals surface area (Å²) in [5.41, 5.74) is 0.709. The number of hydrogen-bond acceptors (Lipinski definition) is 3. The topological polar surface area (TPSA) is 75.6 Å². The normalized spacial score (nSPS) is 21.6. The van der Waals surface area contributed by atoms with Crippen molar-refractivity contribution in [1.82, 2.24) is 0 Å². The summed E-state index contributed by atoms with van der Waals surface area (Å²) in [7, 11) is 0. The molecule has 5 nitrogen and oxygen atoms in total. The van der Waals surface area contributed by atoms with Gasteiger partial charge in [0.05, 0.1) is 12.5 Å². The minimum atomic E-state index is -0.798. The maximum atomic E-state index is 12.2. The second kappa shape index (κ2) is 7.11. The lowest BCUT2D eigenvalue weighted by Crippen LogP contribution is -2.30. The van der Waals surface area contributed by atoms with Gasteiger partial charge in [-0.2, -0.15) is 0 Å². The molecule has 0 spiro atoms. The van der Waals surface area contributed by atoms with Gasteiger partial charge in [-0.1, -0.05) is 6.42 Å². The number of rotatable bonds is 5. The molecule has 2 N–H and O–H groups in total. The molecule has 1 amide bonds. The minimum absolute atomic E-state index is 0.0925. The number of carboxylic acids is 1. The highest BCUT2D eigenvalue weighted by atomic mass is 16.5. The van der Waals surface area contributed by atoms with E-state index in [1.165, 1.54) is 0 Å².